The van der Waals surface area contributed by atoms with Crippen molar-refractivity contribution in [3.8, 4) is 11.5 Å². The Hall–Kier alpha value is -3.17. The summed E-state index contributed by atoms with van der Waals surface area (Å²) in [5, 5.41) is 1.92. The number of rotatable bonds is 6. The number of ether oxygens (including phenoxy) is 3. The van der Waals surface area contributed by atoms with Gasteiger partial charge >= 0.3 is 5.97 Å². The number of thiazole rings is 1. The van der Waals surface area contributed by atoms with Crippen LogP contribution in [0.2, 0.25) is 0 Å². The first-order valence-electron chi connectivity index (χ1n) is 9.94. The number of hydrogen-bond acceptors (Lipinski definition) is 8. The Morgan fingerprint density at radius 2 is 2.03 bits per heavy atom. The Morgan fingerprint density at radius 1 is 1.22 bits per heavy atom. The molecule has 3 aromatic rings. The van der Waals surface area contributed by atoms with Crippen LogP contribution in [0.3, 0.4) is 0 Å². The first-order chi connectivity index (χ1) is 15.5. The molecule has 7 nitrogen and oxygen atoms in total. The van der Waals surface area contributed by atoms with Crippen molar-refractivity contribution in [2.45, 2.75) is 19.9 Å². The summed E-state index contributed by atoms with van der Waals surface area (Å²) in [7, 11) is 3.12. The summed E-state index contributed by atoms with van der Waals surface area (Å²) in [6.45, 7) is 3.77. The Morgan fingerprint density at radius 3 is 2.69 bits per heavy atom. The van der Waals surface area contributed by atoms with Crippen molar-refractivity contribution in [3.05, 3.63) is 77.1 Å². The molecule has 0 amide bonds. The normalized spacial score (nSPS) is 15.9. The number of carbonyl (C=O) groups is 1. The molecule has 1 aliphatic heterocycles. The Balaban J connectivity index is 1.95. The Labute approximate surface area is 192 Å². The maximum Gasteiger partial charge on any atom is 0.338 e. The van der Waals surface area contributed by atoms with Gasteiger partial charge in [0.15, 0.2) is 16.3 Å². The van der Waals surface area contributed by atoms with E-state index in [0.29, 0.717) is 37.7 Å². The van der Waals surface area contributed by atoms with Gasteiger partial charge in [-0.05, 0) is 37.4 Å². The van der Waals surface area contributed by atoms with Gasteiger partial charge in [0.1, 0.15) is 6.04 Å². The van der Waals surface area contributed by atoms with E-state index in [1.165, 1.54) is 22.7 Å². The van der Waals surface area contributed by atoms with Crippen LogP contribution in [-0.4, -0.2) is 31.4 Å². The number of aromatic nitrogens is 1. The van der Waals surface area contributed by atoms with Crippen LogP contribution in [0.25, 0.3) is 6.08 Å². The smallest absolute Gasteiger partial charge is 0.338 e. The van der Waals surface area contributed by atoms with E-state index < -0.39 is 12.0 Å². The summed E-state index contributed by atoms with van der Waals surface area (Å²) >= 11 is 2.75. The number of esters is 1. The lowest BCUT2D eigenvalue weighted by atomic mass is 10.0. The van der Waals surface area contributed by atoms with Crippen LogP contribution in [0.1, 0.15) is 30.3 Å². The minimum Gasteiger partial charge on any atom is -0.493 e. The molecule has 0 radical (unpaired) electrons. The minimum absolute atomic E-state index is 0.230. The lowest BCUT2D eigenvalue weighted by Crippen LogP contribution is -2.39. The van der Waals surface area contributed by atoms with Crippen molar-refractivity contribution in [2.24, 2.45) is 4.99 Å². The monoisotopic (exact) mass is 470 g/mol. The highest BCUT2D eigenvalue weighted by Crippen LogP contribution is 2.33. The summed E-state index contributed by atoms with van der Waals surface area (Å²) in [4.78, 5) is 32.3. The van der Waals surface area contributed by atoms with Crippen molar-refractivity contribution >= 4 is 34.7 Å². The molecule has 0 spiro atoms. The van der Waals surface area contributed by atoms with Crippen LogP contribution in [0, 0.1) is 0 Å². The van der Waals surface area contributed by atoms with Gasteiger partial charge in [0, 0.05) is 10.4 Å². The number of methoxy groups -OCH3 is 2. The van der Waals surface area contributed by atoms with E-state index in [9.17, 15) is 9.59 Å². The maximum absolute atomic E-state index is 13.6. The van der Waals surface area contributed by atoms with Gasteiger partial charge in [-0.15, -0.1) is 11.3 Å². The highest BCUT2D eigenvalue weighted by atomic mass is 32.1. The number of thiophene rings is 1. The average Bonchev–Trinajstić information content (AvgIpc) is 3.41. The summed E-state index contributed by atoms with van der Waals surface area (Å²) in [5.41, 5.74) is 1.42. The third kappa shape index (κ3) is 3.78. The van der Waals surface area contributed by atoms with Crippen LogP contribution >= 0.6 is 22.7 Å². The van der Waals surface area contributed by atoms with E-state index in [-0.39, 0.29) is 12.2 Å². The molecular formula is C23H22N2O5S2. The van der Waals surface area contributed by atoms with Gasteiger partial charge in [-0.25, -0.2) is 9.79 Å². The second-order valence-corrected chi connectivity index (χ2v) is 8.89. The zero-order valence-electron chi connectivity index (χ0n) is 18.1. The van der Waals surface area contributed by atoms with Gasteiger partial charge in [0.2, 0.25) is 0 Å². The molecule has 0 bridgehead atoms. The molecule has 0 saturated heterocycles. The molecule has 2 aromatic heterocycles. The predicted octanol–water partition coefficient (Wildman–Crippen LogP) is 2.88. The van der Waals surface area contributed by atoms with E-state index in [2.05, 4.69) is 4.99 Å². The first kappa shape index (κ1) is 22.0. The molecule has 166 valence electrons. The van der Waals surface area contributed by atoms with E-state index in [1.54, 1.807) is 44.8 Å². The molecule has 32 heavy (non-hydrogen) atoms. The fourth-order valence-electron chi connectivity index (χ4n) is 3.67. The van der Waals surface area contributed by atoms with E-state index in [1.807, 2.05) is 29.6 Å². The van der Waals surface area contributed by atoms with Gasteiger partial charge in [0.05, 0.1) is 36.6 Å². The molecule has 4 rings (SSSR count). The third-order valence-corrected chi connectivity index (χ3v) is 6.96. The molecule has 1 atom stereocenters. The van der Waals surface area contributed by atoms with Crippen molar-refractivity contribution in [2.75, 3.05) is 20.8 Å². The van der Waals surface area contributed by atoms with E-state index in [0.717, 1.165) is 4.88 Å². The molecule has 1 aromatic carbocycles. The topological polar surface area (TPSA) is 79.1 Å². The van der Waals surface area contributed by atoms with E-state index >= 15 is 0 Å². The zero-order valence-corrected chi connectivity index (χ0v) is 19.7. The summed E-state index contributed by atoms with van der Waals surface area (Å²) in [6.07, 6.45) is 1.76. The molecule has 0 fully saturated rings. The number of para-hydroxylation sites is 1. The maximum atomic E-state index is 13.6. The molecule has 0 unspecified atom stereocenters. The fraction of sp³-hybridized carbons (Fsp3) is 0.261. The zero-order chi connectivity index (χ0) is 22.8. The Kier molecular flexibility index (Phi) is 6.29. The Bertz CT molecular complexity index is 1370. The lowest BCUT2D eigenvalue weighted by Gasteiger charge is -2.23. The third-order valence-electron chi connectivity index (χ3n) is 5.05. The highest BCUT2D eigenvalue weighted by molar-refractivity contribution is 7.10. The summed E-state index contributed by atoms with van der Waals surface area (Å²) in [5.74, 6) is 0.654. The van der Waals surface area contributed by atoms with Crippen molar-refractivity contribution < 1.29 is 19.0 Å². The minimum atomic E-state index is -0.584. The summed E-state index contributed by atoms with van der Waals surface area (Å²) < 4.78 is 18.2. The second kappa shape index (κ2) is 9.13. The predicted molar refractivity (Wildman–Crippen MR) is 124 cm³/mol. The van der Waals surface area contributed by atoms with Crippen molar-refractivity contribution in [1.82, 2.24) is 4.57 Å². The van der Waals surface area contributed by atoms with E-state index in [4.69, 9.17) is 14.2 Å². The quantitative estimate of drug-likeness (QED) is 0.518. The standard InChI is InChI=1S/C23H22N2O5S2/c1-5-30-22(27)18-13(2)24-23-25(19(18)16-10-7-11-31-16)21(26)17(32-23)12-14-8-6-9-15(28-3)20(14)29-4/h6-12,19H,5H2,1-4H3/b17-12-/t19-/m1/s1. The summed E-state index contributed by atoms with van der Waals surface area (Å²) in [6, 6.07) is 8.71. The number of hydrogen-bond donors (Lipinski definition) is 0. The number of benzene rings is 1. The molecule has 0 aliphatic carbocycles. The molecule has 0 N–H and O–H groups in total. The SMILES string of the molecule is CCOC(=O)C1=C(C)N=c2s/c(=C\c3cccc(OC)c3OC)c(=O)n2[C@@H]1c1cccs1. The molecular weight excluding hydrogens is 448 g/mol. The van der Waals surface area contributed by atoms with Crippen LogP contribution in [-0.2, 0) is 9.53 Å². The van der Waals surface area contributed by atoms with Gasteiger partial charge in [-0.2, -0.15) is 0 Å². The number of fused-ring (bicyclic) bond motifs is 1. The van der Waals surface area contributed by atoms with Crippen LogP contribution in [0.15, 0.2) is 56.8 Å². The number of carbonyl (C=O) groups excluding carboxylic acids is 1. The fourth-order valence-corrected chi connectivity index (χ4v) is 5.54. The lowest BCUT2D eigenvalue weighted by molar-refractivity contribution is -0.139. The molecule has 0 saturated carbocycles. The largest absolute Gasteiger partial charge is 0.493 e. The van der Waals surface area contributed by atoms with Gasteiger partial charge in [-0.1, -0.05) is 29.5 Å². The second-order valence-electron chi connectivity index (χ2n) is 6.90. The van der Waals surface area contributed by atoms with Crippen molar-refractivity contribution in [3.63, 3.8) is 0 Å². The average molecular weight is 471 g/mol. The molecule has 9 heteroatoms. The van der Waals surface area contributed by atoms with Gasteiger partial charge in [0.25, 0.3) is 5.56 Å². The van der Waals surface area contributed by atoms with Crippen LogP contribution in [0.4, 0.5) is 0 Å². The van der Waals surface area contributed by atoms with Crippen molar-refractivity contribution in [1.29, 1.82) is 0 Å². The number of nitrogens with zero attached hydrogens (tertiary/aromatic N) is 2. The van der Waals surface area contributed by atoms with Gasteiger partial charge < -0.3 is 14.2 Å². The van der Waals surface area contributed by atoms with Crippen LogP contribution < -0.4 is 24.4 Å². The van der Waals surface area contributed by atoms with Crippen LogP contribution in [0.5, 0.6) is 11.5 Å². The molecule has 1 aliphatic rings. The number of allylic oxidation sites excluding steroid dienone is 1. The highest BCUT2D eigenvalue weighted by Gasteiger charge is 2.33. The first-order valence-corrected chi connectivity index (χ1v) is 11.6. The molecule has 3 heterocycles. The van der Waals surface area contributed by atoms with Gasteiger partial charge in [-0.3, -0.25) is 9.36 Å².